The lowest BCUT2D eigenvalue weighted by Gasteiger charge is -2.34. The van der Waals surface area contributed by atoms with Crippen LogP contribution >= 0.6 is 11.3 Å². The number of amides is 1. The molecule has 1 amide bonds. The molecule has 6 rings (SSSR count). The largest absolute Gasteiger partial charge is 0.454 e. The average Bonchev–Trinajstić information content (AvgIpc) is 3.65. The molecule has 1 saturated heterocycles. The zero-order valence-corrected chi connectivity index (χ0v) is 19.7. The molecule has 0 N–H and O–H groups in total. The van der Waals surface area contributed by atoms with E-state index in [4.69, 9.17) is 14.6 Å². The Morgan fingerprint density at radius 1 is 0.971 bits per heavy atom. The predicted octanol–water partition coefficient (Wildman–Crippen LogP) is 4.43. The number of carbonyl (C=O) groups is 1. The summed E-state index contributed by atoms with van der Waals surface area (Å²) >= 11 is 1.57. The highest BCUT2D eigenvalue weighted by Crippen LogP contribution is 2.33. The molecular weight excluding hydrogens is 467 g/mol. The fraction of sp³-hybridized carbons (Fsp3) is 0.231. The second-order valence-electron chi connectivity index (χ2n) is 8.54. The summed E-state index contributed by atoms with van der Waals surface area (Å²) in [6, 6.07) is 17.8. The van der Waals surface area contributed by atoms with Crippen LogP contribution in [0.4, 0.5) is 4.39 Å². The average molecular weight is 491 g/mol. The molecule has 0 aliphatic carbocycles. The molecule has 2 aromatic heterocycles. The van der Waals surface area contributed by atoms with E-state index in [-0.39, 0.29) is 18.5 Å². The minimum absolute atomic E-state index is 0.0765. The second kappa shape index (κ2) is 9.16. The van der Waals surface area contributed by atoms with Crippen molar-refractivity contribution in [3.05, 3.63) is 83.1 Å². The topological polar surface area (TPSA) is 59.8 Å². The molecular formula is C26H23FN4O3S. The Balaban J connectivity index is 1.19. The van der Waals surface area contributed by atoms with Crippen molar-refractivity contribution < 1.29 is 18.7 Å². The maximum absolute atomic E-state index is 13.6. The monoisotopic (exact) mass is 490 g/mol. The maximum atomic E-state index is 13.6. The van der Waals surface area contributed by atoms with Crippen LogP contribution in [0.2, 0.25) is 0 Å². The molecule has 9 heteroatoms. The smallest absolute Gasteiger partial charge is 0.272 e. The first kappa shape index (κ1) is 21.8. The van der Waals surface area contributed by atoms with Gasteiger partial charge in [0, 0.05) is 32.7 Å². The van der Waals surface area contributed by atoms with Crippen LogP contribution in [-0.2, 0) is 6.54 Å². The van der Waals surface area contributed by atoms with Gasteiger partial charge in [-0.15, -0.1) is 11.3 Å². The Labute approximate surface area is 205 Å². The molecule has 0 bridgehead atoms. The molecule has 2 aromatic carbocycles. The van der Waals surface area contributed by atoms with Crippen molar-refractivity contribution in [2.75, 3.05) is 33.0 Å². The Morgan fingerprint density at radius 2 is 1.77 bits per heavy atom. The summed E-state index contributed by atoms with van der Waals surface area (Å²) in [5, 5.41) is 6.67. The van der Waals surface area contributed by atoms with Crippen LogP contribution in [0.5, 0.6) is 11.5 Å². The molecule has 0 atom stereocenters. The molecule has 4 aromatic rings. The van der Waals surface area contributed by atoms with Gasteiger partial charge in [-0.05, 0) is 59.5 Å². The van der Waals surface area contributed by atoms with E-state index >= 15 is 0 Å². The first-order valence-electron chi connectivity index (χ1n) is 11.4. The van der Waals surface area contributed by atoms with Gasteiger partial charge in [-0.2, -0.15) is 5.10 Å². The van der Waals surface area contributed by atoms with Gasteiger partial charge in [-0.1, -0.05) is 12.1 Å². The van der Waals surface area contributed by atoms with Crippen LogP contribution in [0.3, 0.4) is 0 Å². The Kier molecular flexibility index (Phi) is 5.71. The van der Waals surface area contributed by atoms with Crippen LogP contribution in [-0.4, -0.2) is 58.5 Å². The predicted molar refractivity (Wildman–Crippen MR) is 131 cm³/mol. The SMILES string of the molecule is O=C(c1cc(-c2cccs2)nn1-c1ccc(F)cc1)N1CCN(Cc2ccc3c(c2)OCO3)CC1. The van der Waals surface area contributed by atoms with E-state index in [9.17, 15) is 9.18 Å². The summed E-state index contributed by atoms with van der Waals surface area (Å²) in [4.78, 5) is 18.8. The number of benzene rings is 2. The van der Waals surface area contributed by atoms with Crippen molar-refractivity contribution >= 4 is 17.2 Å². The summed E-state index contributed by atoms with van der Waals surface area (Å²) in [6.07, 6.45) is 0. The molecule has 0 unspecified atom stereocenters. The van der Waals surface area contributed by atoms with Gasteiger partial charge in [0.15, 0.2) is 11.5 Å². The number of hydrogen-bond donors (Lipinski definition) is 0. The Hall–Kier alpha value is -3.69. The van der Waals surface area contributed by atoms with Crippen LogP contribution in [0.1, 0.15) is 16.1 Å². The van der Waals surface area contributed by atoms with Gasteiger partial charge in [0.1, 0.15) is 17.2 Å². The molecule has 0 spiro atoms. The number of rotatable bonds is 5. The van der Waals surface area contributed by atoms with E-state index in [0.717, 1.165) is 47.3 Å². The number of halogens is 1. The first-order valence-corrected chi connectivity index (χ1v) is 12.3. The van der Waals surface area contributed by atoms with Crippen molar-refractivity contribution in [1.29, 1.82) is 0 Å². The summed E-state index contributed by atoms with van der Waals surface area (Å²) < 4.78 is 26.0. The number of piperazine rings is 1. The number of ether oxygens (including phenoxy) is 2. The van der Waals surface area contributed by atoms with Crippen LogP contribution in [0, 0.1) is 5.82 Å². The standard InChI is InChI=1S/C26H23FN4O3S/c27-19-4-6-20(7-5-19)31-22(15-21(28-31)25-2-1-13-35-25)26(32)30-11-9-29(10-12-30)16-18-3-8-23-24(14-18)34-17-33-23/h1-8,13-15H,9-12,16-17H2. The molecule has 178 valence electrons. The lowest BCUT2D eigenvalue weighted by Crippen LogP contribution is -2.48. The number of hydrogen-bond acceptors (Lipinski definition) is 6. The van der Waals surface area contributed by atoms with Gasteiger partial charge in [-0.3, -0.25) is 9.69 Å². The molecule has 4 heterocycles. The quantitative estimate of drug-likeness (QED) is 0.414. The molecule has 0 saturated carbocycles. The number of fused-ring (bicyclic) bond motifs is 1. The summed E-state index contributed by atoms with van der Waals surface area (Å²) in [6.45, 7) is 3.82. The highest BCUT2D eigenvalue weighted by atomic mass is 32.1. The zero-order valence-electron chi connectivity index (χ0n) is 18.9. The molecule has 35 heavy (non-hydrogen) atoms. The number of nitrogens with zero attached hydrogens (tertiary/aromatic N) is 4. The molecule has 2 aliphatic heterocycles. The summed E-state index contributed by atoms with van der Waals surface area (Å²) in [5.41, 5.74) is 3.02. The number of carbonyl (C=O) groups excluding carboxylic acids is 1. The lowest BCUT2D eigenvalue weighted by molar-refractivity contribution is 0.0619. The Bertz CT molecular complexity index is 1350. The van der Waals surface area contributed by atoms with Gasteiger partial charge in [0.25, 0.3) is 5.91 Å². The van der Waals surface area contributed by atoms with Gasteiger partial charge >= 0.3 is 0 Å². The van der Waals surface area contributed by atoms with E-state index < -0.39 is 0 Å². The van der Waals surface area contributed by atoms with E-state index in [2.05, 4.69) is 11.0 Å². The molecule has 2 aliphatic rings. The van der Waals surface area contributed by atoms with E-state index in [1.807, 2.05) is 40.6 Å². The molecule has 7 nitrogen and oxygen atoms in total. The van der Waals surface area contributed by atoms with Crippen LogP contribution in [0.15, 0.2) is 66.0 Å². The second-order valence-corrected chi connectivity index (χ2v) is 9.48. The van der Waals surface area contributed by atoms with Crippen molar-refractivity contribution in [3.8, 4) is 27.8 Å². The molecule has 0 radical (unpaired) electrons. The highest BCUT2D eigenvalue weighted by molar-refractivity contribution is 7.13. The first-order chi connectivity index (χ1) is 17.1. The third-order valence-corrected chi connectivity index (χ3v) is 7.17. The number of thiophene rings is 1. The van der Waals surface area contributed by atoms with E-state index in [1.165, 1.54) is 12.1 Å². The van der Waals surface area contributed by atoms with Crippen molar-refractivity contribution in [2.24, 2.45) is 0 Å². The van der Waals surface area contributed by atoms with Crippen molar-refractivity contribution in [3.63, 3.8) is 0 Å². The third-order valence-electron chi connectivity index (χ3n) is 6.28. The summed E-state index contributed by atoms with van der Waals surface area (Å²) in [5.74, 6) is 1.16. The zero-order chi connectivity index (χ0) is 23.8. The van der Waals surface area contributed by atoms with E-state index in [0.29, 0.717) is 24.5 Å². The highest BCUT2D eigenvalue weighted by Gasteiger charge is 2.27. The fourth-order valence-corrected chi connectivity index (χ4v) is 5.11. The lowest BCUT2D eigenvalue weighted by atomic mass is 10.1. The van der Waals surface area contributed by atoms with Crippen LogP contribution < -0.4 is 9.47 Å². The minimum atomic E-state index is -0.328. The van der Waals surface area contributed by atoms with Crippen LogP contribution in [0.25, 0.3) is 16.3 Å². The Morgan fingerprint density at radius 3 is 2.54 bits per heavy atom. The van der Waals surface area contributed by atoms with E-state index in [1.54, 1.807) is 28.2 Å². The normalized spacial score (nSPS) is 15.5. The van der Waals surface area contributed by atoms with Gasteiger partial charge in [0.2, 0.25) is 6.79 Å². The van der Waals surface area contributed by atoms with Gasteiger partial charge < -0.3 is 14.4 Å². The third kappa shape index (κ3) is 4.40. The maximum Gasteiger partial charge on any atom is 0.272 e. The van der Waals surface area contributed by atoms with Crippen molar-refractivity contribution in [2.45, 2.75) is 6.54 Å². The fourth-order valence-electron chi connectivity index (χ4n) is 4.43. The van der Waals surface area contributed by atoms with Gasteiger partial charge in [-0.25, -0.2) is 9.07 Å². The number of aromatic nitrogens is 2. The summed E-state index contributed by atoms with van der Waals surface area (Å²) in [7, 11) is 0. The van der Waals surface area contributed by atoms with Crippen molar-refractivity contribution in [1.82, 2.24) is 19.6 Å². The molecule has 1 fully saturated rings. The van der Waals surface area contributed by atoms with Gasteiger partial charge in [0.05, 0.1) is 10.6 Å². The minimum Gasteiger partial charge on any atom is -0.454 e.